The van der Waals surface area contributed by atoms with Crippen molar-refractivity contribution in [3.05, 3.63) is 53.6 Å². The quantitative estimate of drug-likeness (QED) is 0.908. The van der Waals surface area contributed by atoms with Crippen molar-refractivity contribution < 1.29 is 19.7 Å². The molecule has 0 aromatic heterocycles. The molecule has 3 rings (SSSR count). The number of phenolic OH excluding ortho intramolecular Hbond substituents is 2. The number of nitrogens with zero attached hydrogens (tertiary/aromatic N) is 2. The van der Waals surface area contributed by atoms with Gasteiger partial charge < -0.3 is 14.9 Å². The predicted octanol–water partition coefficient (Wildman–Crippen LogP) is 2.80. The average Bonchev–Trinajstić information content (AvgIpc) is 3.01. The number of hydrogen-bond donors (Lipinski definition) is 2. The molecule has 24 heavy (non-hydrogen) atoms. The van der Waals surface area contributed by atoms with E-state index in [1.54, 1.807) is 30.3 Å². The highest BCUT2D eigenvalue weighted by Gasteiger charge is 2.32. The van der Waals surface area contributed by atoms with Crippen molar-refractivity contribution in [1.29, 1.82) is 0 Å². The highest BCUT2D eigenvalue weighted by molar-refractivity contribution is 6.05. The fraction of sp³-hybridized carbons (Fsp3) is 0.222. The molecule has 1 aliphatic rings. The van der Waals surface area contributed by atoms with Crippen molar-refractivity contribution in [2.24, 2.45) is 5.10 Å². The number of ether oxygens (including phenoxy) is 1. The van der Waals surface area contributed by atoms with Crippen molar-refractivity contribution >= 4 is 11.6 Å². The summed E-state index contributed by atoms with van der Waals surface area (Å²) in [4.78, 5) is 12.0. The Bertz CT molecular complexity index is 816. The summed E-state index contributed by atoms with van der Waals surface area (Å²) in [7, 11) is 1.47. The second-order valence-electron chi connectivity index (χ2n) is 5.58. The molecule has 1 aliphatic heterocycles. The van der Waals surface area contributed by atoms with Gasteiger partial charge in [-0.15, -0.1) is 0 Å². The molecule has 2 aromatic rings. The highest BCUT2D eigenvalue weighted by Crippen LogP contribution is 2.37. The molecule has 1 atom stereocenters. The van der Waals surface area contributed by atoms with Crippen LogP contribution in [0.15, 0.2) is 47.6 Å². The number of hydrazone groups is 1. The monoisotopic (exact) mass is 326 g/mol. The van der Waals surface area contributed by atoms with Crippen LogP contribution in [0.1, 0.15) is 30.5 Å². The Kier molecular flexibility index (Phi) is 4.12. The summed E-state index contributed by atoms with van der Waals surface area (Å²) in [6.07, 6.45) is 0.463. The van der Waals surface area contributed by atoms with Gasteiger partial charge in [-0.05, 0) is 29.8 Å². The van der Waals surface area contributed by atoms with Gasteiger partial charge in [-0.2, -0.15) is 5.10 Å². The molecule has 6 heteroatoms. The van der Waals surface area contributed by atoms with Crippen LogP contribution in [0.4, 0.5) is 0 Å². The first-order valence-corrected chi connectivity index (χ1v) is 7.53. The fourth-order valence-corrected chi connectivity index (χ4v) is 2.84. The van der Waals surface area contributed by atoms with Crippen LogP contribution >= 0.6 is 0 Å². The lowest BCUT2D eigenvalue weighted by atomic mass is 9.97. The molecule has 2 N–H and O–H groups in total. The van der Waals surface area contributed by atoms with E-state index in [1.807, 2.05) is 6.07 Å². The van der Waals surface area contributed by atoms with Crippen LogP contribution in [-0.4, -0.2) is 34.0 Å². The third kappa shape index (κ3) is 2.78. The van der Waals surface area contributed by atoms with E-state index in [0.717, 1.165) is 5.56 Å². The van der Waals surface area contributed by atoms with Crippen LogP contribution in [-0.2, 0) is 4.79 Å². The molecule has 0 saturated heterocycles. The number of phenols is 2. The number of rotatable bonds is 3. The second kappa shape index (κ2) is 6.23. The van der Waals surface area contributed by atoms with Gasteiger partial charge in [0.1, 0.15) is 5.75 Å². The first-order chi connectivity index (χ1) is 11.5. The molecule has 1 amide bonds. The lowest BCUT2D eigenvalue weighted by molar-refractivity contribution is -0.130. The minimum absolute atomic E-state index is 0.0375. The lowest BCUT2D eigenvalue weighted by Gasteiger charge is -2.21. The van der Waals surface area contributed by atoms with Gasteiger partial charge in [-0.25, -0.2) is 5.01 Å². The van der Waals surface area contributed by atoms with Crippen LogP contribution in [0.3, 0.4) is 0 Å². The van der Waals surface area contributed by atoms with E-state index in [0.29, 0.717) is 23.4 Å². The molecule has 0 radical (unpaired) electrons. The van der Waals surface area contributed by atoms with Crippen molar-refractivity contribution in [2.75, 3.05) is 7.11 Å². The van der Waals surface area contributed by atoms with Gasteiger partial charge in [0.25, 0.3) is 0 Å². The van der Waals surface area contributed by atoms with E-state index in [2.05, 4.69) is 5.10 Å². The summed E-state index contributed by atoms with van der Waals surface area (Å²) < 4.78 is 5.14. The van der Waals surface area contributed by atoms with Gasteiger partial charge in [0, 0.05) is 18.9 Å². The highest BCUT2D eigenvalue weighted by atomic mass is 16.5. The van der Waals surface area contributed by atoms with Crippen LogP contribution in [0.5, 0.6) is 17.2 Å². The van der Waals surface area contributed by atoms with E-state index < -0.39 is 0 Å². The van der Waals surface area contributed by atoms with Gasteiger partial charge in [0.05, 0.1) is 18.9 Å². The Morgan fingerprint density at radius 1 is 1.21 bits per heavy atom. The molecule has 6 nitrogen and oxygen atoms in total. The average molecular weight is 326 g/mol. The van der Waals surface area contributed by atoms with Crippen molar-refractivity contribution in [3.63, 3.8) is 0 Å². The van der Waals surface area contributed by atoms with Crippen LogP contribution in [0.25, 0.3) is 0 Å². The van der Waals surface area contributed by atoms with Gasteiger partial charge >= 0.3 is 0 Å². The molecule has 0 fully saturated rings. The van der Waals surface area contributed by atoms with Gasteiger partial charge in [-0.1, -0.05) is 18.2 Å². The number of para-hydroxylation sites is 1. The summed E-state index contributed by atoms with van der Waals surface area (Å²) in [6, 6.07) is 11.6. The van der Waals surface area contributed by atoms with Gasteiger partial charge in [-0.3, -0.25) is 4.79 Å². The molecule has 0 saturated carbocycles. The number of amides is 1. The SMILES string of the molecule is COc1cc(C2CC(c3ccccc3O)=NN2C(C)=O)ccc1O. The number of carbonyl (C=O) groups excluding carboxylic acids is 1. The topological polar surface area (TPSA) is 82.4 Å². The number of carbonyl (C=O) groups is 1. The van der Waals surface area contributed by atoms with E-state index >= 15 is 0 Å². The zero-order valence-corrected chi connectivity index (χ0v) is 13.4. The third-order valence-electron chi connectivity index (χ3n) is 4.04. The summed E-state index contributed by atoms with van der Waals surface area (Å²) in [5.74, 6) is 0.309. The molecular formula is C18H18N2O4. The lowest BCUT2D eigenvalue weighted by Crippen LogP contribution is -2.24. The second-order valence-corrected chi connectivity index (χ2v) is 5.58. The number of benzene rings is 2. The smallest absolute Gasteiger partial charge is 0.240 e. The fourth-order valence-electron chi connectivity index (χ4n) is 2.84. The number of aromatic hydroxyl groups is 2. The van der Waals surface area contributed by atoms with Gasteiger partial charge in [0.2, 0.25) is 5.91 Å². The summed E-state index contributed by atoms with van der Waals surface area (Å²) in [5, 5.41) is 25.6. The van der Waals surface area contributed by atoms with Crippen molar-refractivity contribution in [1.82, 2.24) is 5.01 Å². The maximum absolute atomic E-state index is 12.0. The minimum atomic E-state index is -0.313. The summed E-state index contributed by atoms with van der Waals surface area (Å²) in [6.45, 7) is 1.45. The number of methoxy groups -OCH3 is 1. The molecule has 2 aromatic carbocycles. The number of hydrogen-bond acceptors (Lipinski definition) is 5. The van der Waals surface area contributed by atoms with E-state index in [9.17, 15) is 15.0 Å². The Labute approximate surface area is 139 Å². The third-order valence-corrected chi connectivity index (χ3v) is 4.04. The first kappa shape index (κ1) is 15.9. The molecule has 124 valence electrons. The minimum Gasteiger partial charge on any atom is -0.507 e. The Morgan fingerprint density at radius 2 is 1.96 bits per heavy atom. The van der Waals surface area contributed by atoms with E-state index in [4.69, 9.17) is 4.74 Å². The molecule has 0 spiro atoms. The predicted molar refractivity (Wildman–Crippen MR) is 89.2 cm³/mol. The zero-order chi connectivity index (χ0) is 17.3. The van der Waals surface area contributed by atoms with E-state index in [1.165, 1.54) is 25.1 Å². The molecule has 0 bridgehead atoms. The Hall–Kier alpha value is -3.02. The molecule has 0 aliphatic carbocycles. The van der Waals surface area contributed by atoms with E-state index in [-0.39, 0.29) is 23.4 Å². The van der Waals surface area contributed by atoms with Crippen molar-refractivity contribution in [3.8, 4) is 17.2 Å². The summed E-state index contributed by atoms with van der Waals surface area (Å²) >= 11 is 0. The summed E-state index contributed by atoms with van der Waals surface area (Å²) in [5.41, 5.74) is 2.05. The van der Waals surface area contributed by atoms with Crippen LogP contribution in [0, 0.1) is 0 Å². The van der Waals surface area contributed by atoms with Gasteiger partial charge in [0.15, 0.2) is 11.5 Å². The van der Waals surface area contributed by atoms with Crippen molar-refractivity contribution in [2.45, 2.75) is 19.4 Å². The maximum atomic E-state index is 12.0. The van der Waals surface area contributed by atoms with Crippen LogP contribution < -0.4 is 4.74 Å². The first-order valence-electron chi connectivity index (χ1n) is 7.53. The Balaban J connectivity index is 1.99. The Morgan fingerprint density at radius 3 is 2.62 bits per heavy atom. The maximum Gasteiger partial charge on any atom is 0.240 e. The largest absolute Gasteiger partial charge is 0.507 e. The zero-order valence-electron chi connectivity index (χ0n) is 13.4. The molecule has 1 heterocycles. The normalized spacial score (nSPS) is 16.8. The standard InChI is InChI=1S/C18H18N2O4/c1-11(21)20-15(12-7-8-17(23)18(9-12)24-2)10-14(19-20)13-5-3-4-6-16(13)22/h3-9,15,22-23H,10H2,1-2H3. The van der Waals surface area contributed by atoms with Crippen LogP contribution in [0.2, 0.25) is 0 Å². The molecular weight excluding hydrogens is 308 g/mol. The molecule has 1 unspecified atom stereocenters.